The molecule has 4 nitrogen and oxygen atoms in total. The van der Waals surface area contributed by atoms with Crippen LogP contribution < -0.4 is 5.32 Å². The summed E-state index contributed by atoms with van der Waals surface area (Å²) in [7, 11) is 0. The zero-order valence-electron chi connectivity index (χ0n) is 12.2. The van der Waals surface area contributed by atoms with Crippen LogP contribution >= 0.6 is 0 Å². The highest BCUT2D eigenvalue weighted by Gasteiger charge is 2.01. The van der Waals surface area contributed by atoms with Gasteiger partial charge in [-0.25, -0.2) is 0 Å². The molecule has 0 aliphatic heterocycles. The Labute approximate surface area is 111 Å². The van der Waals surface area contributed by atoms with E-state index in [0.717, 1.165) is 38.8 Å². The molecule has 108 valence electrons. The van der Waals surface area contributed by atoms with Gasteiger partial charge in [0, 0.05) is 13.2 Å². The van der Waals surface area contributed by atoms with Crippen molar-refractivity contribution in [2.45, 2.75) is 46.5 Å². The summed E-state index contributed by atoms with van der Waals surface area (Å²) in [5.74, 6) is 0.658. The molecule has 0 unspecified atom stereocenters. The Balaban J connectivity index is 3.17. The van der Waals surface area contributed by atoms with E-state index in [4.69, 9.17) is 9.47 Å². The number of hydrogen-bond donors (Lipinski definition) is 1. The molecule has 1 amide bonds. The van der Waals surface area contributed by atoms with Crippen LogP contribution in [0.25, 0.3) is 0 Å². The van der Waals surface area contributed by atoms with Crippen molar-refractivity contribution in [3.05, 3.63) is 0 Å². The Hall–Kier alpha value is -0.610. The van der Waals surface area contributed by atoms with E-state index >= 15 is 0 Å². The summed E-state index contributed by atoms with van der Waals surface area (Å²) >= 11 is 0. The van der Waals surface area contributed by atoms with E-state index in [1.54, 1.807) is 0 Å². The monoisotopic (exact) mass is 259 g/mol. The van der Waals surface area contributed by atoms with Gasteiger partial charge in [-0.2, -0.15) is 0 Å². The van der Waals surface area contributed by atoms with Gasteiger partial charge in [-0.05, 0) is 25.2 Å². The number of carbonyl (C=O) groups is 1. The van der Waals surface area contributed by atoms with Gasteiger partial charge in [-0.3, -0.25) is 4.79 Å². The third-order valence-corrected chi connectivity index (χ3v) is 2.53. The second-order valence-corrected chi connectivity index (χ2v) is 4.90. The molecule has 0 spiro atoms. The SMILES string of the molecule is CCCCOCCOCC(=O)NCCCC(C)C. The minimum Gasteiger partial charge on any atom is -0.379 e. The van der Waals surface area contributed by atoms with Gasteiger partial charge in [0.25, 0.3) is 0 Å². The largest absolute Gasteiger partial charge is 0.379 e. The standard InChI is InChI=1S/C14H29NO3/c1-4-5-9-17-10-11-18-12-14(16)15-8-6-7-13(2)3/h13H,4-12H2,1-3H3,(H,15,16). The molecule has 1 N–H and O–H groups in total. The fourth-order valence-corrected chi connectivity index (χ4v) is 1.42. The third-order valence-electron chi connectivity index (χ3n) is 2.53. The summed E-state index contributed by atoms with van der Waals surface area (Å²) in [6, 6.07) is 0. The van der Waals surface area contributed by atoms with Crippen molar-refractivity contribution in [2.75, 3.05) is 33.0 Å². The van der Waals surface area contributed by atoms with E-state index < -0.39 is 0 Å². The molecule has 0 aromatic rings. The van der Waals surface area contributed by atoms with Crippen LogP contribution in [0.5, 0.6) is 0 Å². The van der Waals surface area contributed by atoms with Crippen LogP contribution in [0.2, 0.25) is 0 Å². The predicted molar refractivity (Wildman–Crippen MR) is 73.6 cm³/mol. The first-order valence-electron chi connectivity index (χ1n) is 7.09. The maximum absolute atomic E-state index is 11.3. The van der Waals surface area contributed by atoms with Gasteiger partial charge in [-0.1, -0.05) is 27.2 Å². The topological polar surface area (TPSA) is 47.6 Å². The normalized spacial score (nSPS) is 10.9. The number of ether oxygens (including phenoxy) is 2. The number of amides is 1. The molecule has 0 saturated heterocycles. The molecular formula is C14H29NO3. The number of hydrogen-bond acceptors (Lipinski definition) is 3. The Morgan fingerprint density at radius 1 is 1.11 bits per heavy atom. The first kappa shape index (κ1) is 17.4. The average molecular weight is 259 g/mol. The van der Waals surface area contributed by atoms with Crippen molar-refractivity contribution in [1.82, 2.24) is 5.32 Å². The molecule has 0 aromatic heterocycles. The zero-order valence-corrected chi connectivity index (χ0v) is 12.2. The summed E-state index contributed by atoms with van der Waals surface area (Å²) < 4.78 is 10.5. The fraction of sp³-hybridized carbons (Fsp3) is 0.929. The van der Waals surface area contributed by atoms with Gasteiger partial charge in [0.05, 0.1) is 13.2 Å². The molecule has 0 fully saturated rings. The van der Waals surface area contributed by atoms with Gasteiger partial charge in [-0.15, -0.1) is 0 Å². The van der Waals surface area contributed by atoms with Gasteiger partial charge >= 0.3 is 0 Å². The summed E-state index contributed by atoms with van der Waals surface area (Å²) in [6.45, 7) is 9.22. The summed E-state index contributed by atoms with van der Waals surface area (Å²) in [4.78, 5) is 11.3. The smallest absolute Gasteiger partial charge is 0.245 e. The van der Waals surface area contributed by atoms with Crippen molar-refractivity contribution in [3.8, 4) is 0 Å². The van der Waals surface area contributed by atoms with E-state index in [9.17, 15) is 4.79 Å². The van der Waals surface area contributed by atoms with E-state index in [1.165, 1.54) is 0 Å². The molecule has 0 heterocycles. The summed E-state index contributed by atoms with van der Waals surface area (Å²) in [5.41, 5.74) is 0. The van der Waals surface area contributed by atoms with Crippen LogP contribution in [-0.2, 0) is 14.3 Å². The van der Waals surface area contributed by atoms with Crippen LogP contribution in [0.1, 0.15) is 46.5 Å². The second kappa shape index (κ2) is 12.8. The van der Waals surface area contributed by atoms with Crippen LogP contribution in [0.3, 0.4) is 0 Å². The lowest BCUT2D eigenvalue weighted by atomic mass is 10.1. The lowest BCUT2D eigenvalue weighted by molar-refractivity contribution is -0.126. The third kappa shape index (κ3) is 13.5. The fourth-order valence-electron chi connectivity index (χ4n) is 1.42. The number of carbonyl (C=O) groups excluding carboxylic acids is 1. The first-order chi connectivity index (χ1) is 8.66. The van der Waals surface area contributed by atoms with Gasteiger partial charge in [0.15, 0.2) is 0 Å². The van der Waals surface area contributed by atoms with Crippen molar-refractivity contribution in [3.63, 3.8) is 0 Å². The van der Waals surface area contributed by atoms with Gasteiger partial charge in [0.2, 0.25) is 5.91 Å². The van der Waals surface area contributed by atoms with Crippen LogP contribution in [0.4, 0.5) is 0 Å². The first-order valence-corrected chi connectivity index (χ1v) is 7.09. The highest BCUT2D eigenvalue weighted by atomic mass is 16.5. The zero-order chi connectivity index (χ0) is 13.6. The van der Waals surface area contributed by atoms with E-state index in [1.807, 2.05) is 0 Å². The van der Waals surface area contributed by atoms with Gasteiger partial charge in [0.1, 0.15) is 6.61 Å². The Bertz CT molecular complexity index is 195. The van der Waals surface area contributed by atoms with Crippen molar-refractivity contribution >= 4 is 5.91 Å². The van der Waals surface area contributed by atoms with E-state index in [2.05, 4.69) is 26.1 Å². The van der Waals surface area contributed by atoms with E-state index in [-0.39, 0.29) is 12.5 Å². The molecule has 4 heteroatoms. The maximum atomic E-state index is 11.3. The molecule has 0 atom stereocenters. The highest BCUT2D eigenvalue weighted by molar-refractivity contribution is 5.77. The van der Waals surface area contributed by atoms with Crippen LogP contribution in [0, 0.1) is 5.92 Å². The highest BCUT2D eigenvalue weighted by Crippen LogP contribution is 2.01. The molecule has 0 bridgehead atoms. The van der Waals surface area contributed by atoms with Crippen molar-refractivity contribution in [2.24, 2.45) is 5.92 Å². The molecule has 0 radical (unpaired) electrons. The van der Waals surface area contributed by atoms with Crippen molar-refractivity contribution in [1.29, 1.82) is 0 Å². The minimum atomic E-state index is -0.0349. The number of unbranched alkanes of at least 4 members (excludes halogenated alkanes) is 1. The van der Waals surface area contributed by atoms with Gasteiger partial charge < -0.3 is 14.8 Å². The predicted octanol–water partition coefficient (Wildman–Crippen LogP) is 2.37. The second-order valence-electron chi connectivity index (χ2n) is 4.90. The van der Waals surface area contributed by atoms with Crippen LogP contribution in [-0.4, -0.2) is 38.9 Å². The lowest BCUT2D eigenvalue weighted by Crippen LogP contribution is -2.29. The maximum Gasteiger partial charge on any atom is 0.245 e. The Kier molecular flexibility index (Phi) is 12.4. The quantitative estimate of drug-likeness (QED) is 0.547. The Morgan fingerprint density at radius 2 is 1.83 bits per heavy atom. The van der Waals surface area contributed by atoms with E-state index in [0.29, 0.717) is 19.1 Å². The minimum absolute atomic E-state index is 0.0349. The summed E-state index contributed by atoms with van der Waals surface area (Å²) in [5, 5.41) is 2.84. The molecule has 0 rings (SSSR count). The number of nitrogens with one attached hydrogen (secondary N) is 1. The lowest BCUT2D eigenvalue weighted by Gasteiger charge is -2.07. The van der Waals surface area contributed by atoms with Crippen LogP contribution in [0.15, 0.2) is 0 Å². The molecule has 0 saturated carbocycles. The molecule has 18 heavy (non-hydrogen) atoms. The molecule has 0 aliphatic carbocycles. The molecule has 0 aromatic carbocycles. The molecule has 0 aliphatic rings. The Morgan fingerprint density at radius 3 is 2.50 bits per heavy atom. The average Bonchev–Trinajstić information content (AvgIpc) is 2.33. The summed E-state index contributed by atoms with van der Waals surface area (Å²) in [6.07, 6.45) is 4.39. The molecular weight excluding hydrogens is 230 g/mol. The van der Waals surface area contributed by atoms with Crippen molar-refractivity contribution < 1.29 is 14.3 Å². The number of rotatable bonds is 12.